The molecule has 1 aromatic rings. The number of hydrogen-bond acceptors (Lipinski definition) is 2. The van der Waals surface area contributed by atoms with E-state index in [1.807, 2.05) is 12.5 Å². The van der Waals surface area contributed by atoms with Gasteiger partial charge in [0.1, 0.15) is 0 Å². The van der Waals surface area contributed by atoms with Gasteiger partial charge in [-0.2, -0.15) is 0 Å². The Balaban J connectivity index is 0.000000980. The van der Waals surface area contributed by atoms with E-state index in [2.05, 4.69) is 21.9 Å². The lowest BCUT2D eigenvalue weighted by molar-refractivity contribution is 0.371. The normalized spacial score (nSPS) is 20.2. The molecule has 1 N–H and O–H groups in total. The van der Waals surface area contributed by atoms with Crippen LogP contribution in [0.5, 0.6) is 0 Å². The summed E-state index contributed by atoms with van der Waals surface area (Å²) in [5, 5.41) is 3.44. The number of aryl methyl sites for hydroxylation is 1. The van der Waals surface area contributed by atoms with Crippen LogP contribution in [0.2, 0.25) is 0 Å². The number of nitrogens with one attached hydrogen (secondary N) is 1. The Morgan fingerprint density at radius 2 is 2.33 bits per heavy atom. The van der Waals surface area contributed by atoms with Gasteiger partial charge >= 0.3 is 0 Å². The highest BCUT2D eigenvalue weighted by Gasteiger charge is 2.14. The van der Waals surface area contributed by atoms with Gasteiger partial charge in [-0.05, 0) is 38.3 Å². The number of nitrogens with zero attached hydrogens (tertiary/aromatic N) is 2. The minimum absolute atomic E-state index is 0. The van der Waals surface area contributed by atoms with Crippen LogP contribution >= 0.6 is 24.8 Å². The van der Waals surface area contributed by atoms with E-state index in [1.54, 1.807) is 0 Å². The van der Waals surface area contributed by atoms with E-state index in [0.717, 1.165) is 5.92 Å². The second-order valence-corrected chi connectivity index (χ2v) is 3.91. The van der Waals surface area contributed by atoms with Gasteiger partial charge in [0, 0.05) is 18.9 Å². The van der Waals surface area contributed by atoms with Crippen molar-refractivity contribution in [2.45, 2.75) is 19.3 Å². The van der Waals surface area contributed by atoms with Gasteiger partial charge in [0.05, 0.1) is 6.33 Å². The Labute approximate surface area is 103 Å². The minimum Gasteiger partial charge on any atom is -0.338 e. The van der Waals surface area contributed by atoms with Gasteiger partial charge in [-0.25, -0.2) is 4.98 Å². The van der Waals surface area contributed by atoms with Gasteiger partial charge in [0.2, 0.25) is 0 Å². The topological polar surface area (TPSA) is 29.9 Å². The fourth-order valence-corrected chi connectivity index (χ4v) is 1.98. The third-order valence-corrected chi connectivity index (χ3v) is 2.81. The predicted octanol–water partition coefficient (Wildman–Crippen LogP) is 1.81. The molecule has 0 amide bonds. The lowest BCUT2D eigenvalue weighted by atomic mass is 9.95. The van der Waals surface area contributed by atoms with Crippen LogP contribution < -0.4 is 5.32 Å². The quantitative estimate of drug-likeness (QED) is 0.869. The van der Waals surface area contributed by atoms with Crippen LogP contribution in [0.25, 0.3) is 0 Å². The molecule has 1 aliphatic heterocycles. The number of piperidine rings is 1. The maximum Gasteiger partial charge on any atom is 0.0945 e. The summed E-state index contributed by atoms with van der Waals surface area (Å²) in [5.74, 6) is 0.809. The van der Waals surface area contributed by atoms with Crippen LogP contribution in [0.3, 0.4) is 0 Å². The van der Waals surface area contributed by atoms with Crippen molar-refractivity contribution in [1.29, 1.82) is 0 Å². The summed E-state index contributed by atoms with van der Waals surface area (Å²) in [6.45, 7) is 2.37. The Hall–Kier alpha value is -0.250. The molecule has 3 nitrogen and oxygen atoms in total. The number of imidazole rings is 1. The highest BCUT2D eigenvalue weighted by molar-refractivity contribution is 5.85. The highest BCUT2D eigenvalue weighted by atomic mass is 35.5. The molecule has 15 heavy (non-hydrogen) atoms. The number of rotatable bonds is 2. The van der Waals surface area contributed by atoms with E-state index in [9.17, 15) is 0 Å². The van der Waals surface area contributed by atoms with Crippen molar-refractivity contribution in [1.82, 2.24) is 14.9 Å². The fourth-order valence-electron chi connectivity index (χ4n) is 1.98. The molecule has 0 spiro atoms. The molecule has 1 aromatic heterocycles. The van der Waals surface area contributed by atoms with E-state index >= 15 is 0 Å². The Morgan fingerprint density at radius 1 is 1.53 bits per heavy atom. The summed E-state index contributed by atoms with van der Waals surface area (Å²) in [6.07, 6.45) is 7.71. The van der Waals surface area contributed by atoms with Crippen LogP contribution in [0.15, 0.2) is 12.5 Å². The average molecular weight is 252 g/mol. The van der Waals surface area contributed by atoms with E-state index < -0.39 is 0 Å². The molecule has 88 valence electrons. The first-order chi connectivity index (χ1) is 6.36. The molecule has 1 atom stereocenters. The highest BCUT2D eigenvalue weighted by Crippen LogP contribution is 2.15. The molecule has 0 aliphatic carbocycles. The van der Waals surface area contributed by atoms with E-state index in [1.165, 1.54) is 38.0 Å². The lowest BCUT2D eigenvalue weighted by Crippen LogP contribution is -2.31. The van der Waals surface area contributed by atoms with Crippen molar-refractivity contribution >= 4 is 24.8 Å². The summed E-state index contributed by atoms with van der Waals surface area (Å²) in [7, 11) is 2.07. The molecule has 0 saturated carbocycles. The molecule has 0 radical (unpaired) electrons. The third-order valence-electron chi connectivity index (χ3n) is 2.81. The molecular weight excluding hydrogens is 233 g/mol. The maximum absolute atomic E-state index is 4.13. The summed E-state index contributed by atoms with van der Waals surface area (Å²) < 4.78 is 2.12. The molecule has 2 rings (SSSR count). The first-order valence-electron chi connectivity index (χ1n) is 5.02. The molecule has 1 aliphatic rings. The summed E-state index contributed by atoms with van der Waals surface area (Å²) in [4.78, 5) is 4.13. The summed E-state index contributed by atoms with van der Waals surface area (Å²) in [5.41, 5.74) is 1.36. The van der Waals surface area contributed by atoms with Gasteiger partial charge in [0.15, 0.2) is 0 Å². The van der Waals surface area contributed by atoms with E-state index in [0.29, 0.717) is 0 Å². The smallest absolute Gasteiger partial charge is 0.0945 e. The Kier molecular flexibility index (Phi) is 6.98. The maximum atomic E-state index is 4.13. The van der Waals surface area contributed by atoms with E-state index in [-0.39, 0.29) is 24.8 Å². The first kappa shape index (κ1) is 14.8. The molecule has 1 saturated heterocycles. The van der Waals surface area contributed by atoms with Crippen molar-refractivity contribution in [3.8, 4) is 0 Å². The second-order valence-electron chi connectivity index (χ2n) is 3.91. The Bertz CT molecular complexity index is 269. The van der Waals surface area contributed by atoms with Crippen LogP contribution in [-0.4, -0.2) is 22.6 Å². The molecular formula is C10H19Cl2N3. The van der Waals surface area contributed by atoms with Crippen molar-refractivity contribution in [2.24, 2.45) is 13.0 Å². The zero-order valence-electron chi connectivity index (χ0n) is 8.98. The fraction of sp³-hybridized carbons (Fsp3) is 0.700. The van der Waals surface area contributed by atoms with Crippen LogP contribution in [0.4, 0.5) is 0 Å². The monoisotopic (exact) mass is 251 g/mol. The second kappa shape index (κ2) is 7.09. The van der Waals surface area contributed by atoms with Crippen LogP contribution in [0.1, 0.15) is 18.5 Å². The van der Waals surface area contributed by atoms with Gasteiger partial charge in [-0.3, -0.25) is 0 Å². The van der Waals surface area contributed by atoms with Crippen LogP contribution in [0, 0.1) is 5.92 Å². The largest absolute Gasteiger partial charge is 0.338 e. The lowest BCUT2D eigenvalue weighted by Gasteiger charge is -2.22. The molecule has 0 unspecified atom stereocenters. The van der Waals surface area contributed by atoms with Gasteiger partial charge in [-0.1, -0.05) is 0 Å². The van der Waals surface area contributed by atoms with Gasteiger partial charge in [0.25, 0.3) is 0 Å². The van der Waals surface area contributed by atoms with Crippen LogP contribution in [-0.2, 0) is 13.5 Å². The average Bonchev–Trinajstić information content (AvgIpc) is 2.54. The van der Waals surface area contributed by atoms with Crippen molar-refractivity contribution in [3.63, 3.8) is 0 Å². The third kappa shape index (κ3) is 4.01. The summed E-state index contributed by atoms with van der Waals surface area (Å²) >= 11 is 0. The Morgan fingerprint density at radius 3 is 2.87 bits per heavy atom. The number of hydrogen-bond donors (Lipinski definition) is 1. The van der Waals surface area contributed by atoms with Crippen molar-refractivity contribution in [2.75, 3.05) is 13.1 Å². The summed E-state index contributed by atoms with van der Waals surface area (Å²) in [6, 6.07) is 0. The standard InChI is InChI=1S/C10H17N3.2ClH/c1-13-8-12-7-10(13)5-9-3-2-4-11-6-9;;/h7-9,11H,2-6H2,1H3;2*1H/t9-;;/m0../s1. The number of aromatic nitrogens is 2. The van der Waals surface area contributed by atoms with Crippen molar-refractivity contribution < 1.29 is 0 Å². The molecule has 2 heterocycles. The predicted molar refractivity (Wildman–Crippen MR) is 67.0 cm³/mol. The SMILES string of the molecule is Cl.Cl.Cn1cncc1C[C@@H]1CCCNC1. The van der Waals surface area contributed by atoms with Gasteiger partial charge in [-0.15, -0.1) is 24.8 Å². The molecule has 0 aromatic carbocycles. The van der Waals surface area contributed by atoms with Gasteiger partial charge < -0.3 is 9.88 Å². The molecule has 5 heteroatoms. The zero-order valence-corrected chi connectivity index (χ0v) is 10.6. The molecule has 1 fully saturated rings. The number of halogens is 2. The van der Waals surface area contributed by atoms with E-state index in [4.69, 9.17) is 0 Å². The first-order valence-corrected chi connectivity index (χ1v) is 5.02. The minimum atomic E-state index is 0. The zero-order chi connectivity index (χ0) is 9.10. The van der Waals surface area contributed by atoms with Crippen molar-refractivity contribution in [3.05, 3.63) is 18.2 Å². The molecule has 0 bridgehead atoms.